The van der Waals surface area contributed by atoms with Gasteiger partial charge in [0, 0.05) is 18.7 Å². The van der Waals surface area contributed by atoms with Crippen LogP contribution in [0.1, 0.15) is 36.0 Å². The van der Waals surface area contributed by atoms with E-state index in [0.29, 0.717) is 18.2 Å². The Bertz CT molecular complexity index is 417. The topological polar surface area (TPSA) is 52.5 Å². The van der Waals surface area contributed by atoms with Crippen molar-refractivity contribution in [2.75, 3.05) is 6.54 Å². The Morgan fingerprint density at radius 1 is 1.22 bits per heavy atom. The summed E-state index contributed by atoms with van der Waals surface area (Å²) in [5, 5.41) is 22.9. The fourth-order valence-electron chi connectivity index (χ4n) is 2.65. The second-order valence-electron chi connectivity index (χ2n) is 5.45. The predicted molar refractivity (Wildman–Crippen MR) is 72.6 cm³/mol. The van der Waals surface area contributed by atoms with E-state index < -0.39 is 0 Å². The maximum absolute atomic E-state index is 9.87. The fourth-order valence-corrected chi connectivity index (χ4v) is 2.65. The van der Waals surface area contributed by atoms with Crippen molar-refractivity contribution in [1.29, 1.82) is 0 Å². The number of aryl methyl sites for hydroxylation is 2. The number of phenolic OH excluding ortho intramolecular Hbond substituents is 1. The van der Waals surface area contributed by atoms with Gasteiger partial charge in [-0.1, -0.05) is 12.5 Å². The summed E-state index contributed by atoms with van der Waals surface area (Å²) >= 11 is 0. The zero-order valence-electron chi connectivity index (χ0n) is 11.2. The first-order valence-corrected chi connectivity index (χ1v) is 6.76. The second kappa shape index (κ2) is 5.72. The van der Waals surface area contributed by atoms with E-state index >= 15 is 0 Å². The number of hydrogen-bond acceptors (Lipinski definition) is 3. The summed E-state index contributed by atoms with van der Waals surface area (Å²) in [6.07, 6.45) is 3.02. The highest BCUT2D eigenvalue weighted by atomic mass is 16.3. The van der Waals surface area contributed by atoms with Crippen molar-refractivity contribution in [2.24, 2.45) is 5.92 Å². The highest BCUT2D eigenvalue weighted by Crippen LogP contribution is 2.25. The summed E-state index contributed by atoms with van der Waals surface area (Å²) in [6, 6.07) is 3.85. The lowest BCUT2D eigenvalue weighted by Gasteiger charge is -2.16. The quantitative estimate of drug-likeness (QED) is 0.767. The smallest absolute Gasteiger partial charge is 0.120 e. The monoisotopic (exact) mass is 249 g/mol. The third-order valence-corrected chi connectivity index (χ3v) is 4.04. The van der Waals surface area contributed by atoms with Crippen LogP contribution in [-0.2, 0) is 6.54 Å². The molecule has 1 aromatic rings. The Balaban J connectivity index is 1.88. The van der Waals surface area contributed by atoms with Crippen LogP contribution in [0.3, 0.4) is 0 Å². The average Bonchev–Trinajstić information content (AvgIpc) is 2.72. The van der Waals surface area contributed by atoms with Crippen molar-refractivity contribution >= 4 is 0 Å². The van der Waals surface area contributed by atoms with E-state index in [9.17, 15) is 10.2 Å². The Labute approximate surface area is 109 Å². The van der Waals surface area contributed by atoms with Gasteiger partial charge in [0.15, 0.2) is 0 Å². The third-order valence-electron chi connectivity index (χ3n) is 4.04. The van der Waals surface area contributed by atoms with E-state index in [2.05, 4.69) is 12.2 Å². The van der Waals surface area contributed by atoms with Crippen LogP contribution >= 0.6 is 0 Å². The van der Waals surface area contributed by atoms with Gasteiger partial charge < -0.3 is 15.5 Å². The van der Waals surface area contributed by atoms with Crippen LogP contribution in [0.25, 0.3) is 0 Å². The Morgan fingerprint density at radius 2 is 1.94 bits per heavy atom. The first-order valence-electron chi connectivity index (χ1n) is 6.76. The molecule has 0 spiro atoms. The van der Waals surface area contributed by atoms with E-state index in [-0.39, 0.29) is 6.10 Å². The number of nitrogens with one attached hydrogen (secondary N) is 1. The molecule has 1 aliphatic rings. The van der Waals surface area contributed by atoms with Crippen LogP contribution in [0.2, 0.25) is 0 Å². The number of hydrogen-bond donors (Lipinski definition) is 3. The molecule has 3 heteroatoms. The molecule has 0 saturated heterocycles. The standard InChI is InChI=1S/C15H23NO2/c1-10-6-13(15(18)7-11(10)2)9-16-8-12-4-3-5-14(12)17/h6-7,12,14,16-18H,3-5,8-9H2,1-2H3. The molecule has 2 atom stereocenters. The van der Waals surface area contributed by atoms with Gasteiger partial charge in [0.25, 0.3) is 0 Å². The van der Waals surface area contributed by atoms with Gasteiger partial charge >= 0.3 is 0 Å². The lowest BCUT2D eigenvalue weighted by atomic mass is 10.0. The highest BCUT2D eigenvalue weighted by molar-refractivity contribution is 5.40. The molecule has 0 bridgehead atoms. The van der Waals surface area contributed by atoms with Crippen molar-refractivity contribution < 1.29 is 10.2 Å². The molecular formula is C15H23NO2. The summed E-state index contributed by atoms with van der Waals surface area (Å²) in [5.74, 6) is 0.733. The molecule has 0 radical (unpaired) electrons. The van der Waals surface area contributed by atoms with Gasteiger partial charge in [0.1, 0.15) is 5.75 Å². The largest absolute Gasteiger partial charge is 0.508 e. The Morgan fingerprint density at radius 3 is 2.61 bits per heavy atom. The van der Waals surface area contributed by atoms with Crippen molar-refractivity contribution in [3.63, 3.8) is 0 Å². The first kappa shape index (κ1) is 13.4. The lowest BCUT2D eigenvalue weighted by Crippen LogP contribution is -2.27. The summed E-state index contributed by atoms with van der Waals surface area (Å²) in [6.45, 7) is 5.55. The molecule has 1 aromatic carbocycles. The average molecular weight is 249 g/mol. The van der Waals surface area contributed by atoms with Crippen molar-refractivity contribution in [3.8, 4) is 5.75 Å². The van der Waals surface area contributed by atoms with E-state index in [4.69, 9.17) is 0 Å². The maximum atomic E-state index is 9.87. The van der Waals surface area contributed by atoms with Crippen LogP contribution in [0.15, 0.2) is 12.1 Å². The maximum Gasteiger partial charge on any atom is 0.120 e. The molecule has 2 unspecified atom stereocenters. The molecule has 18 heavy (non-hydrogen) atoms. The van der Waals surface area contributed by atoms with Gasteiger partial charge in [-0.3, -0.25) is 0 Å². The second-order valence-corrected chi connectivity index (χ2v) is 5.45. The zero-order valence-corrected chi connectivity index (χ0v) is 11.2. The molecule has 0 aromatic heterocycles. The van der Waals surface area contributed by atoms with Gasteiger partial charge in [0.05, 0.1) is 6.10 Å². The zero-order chi connectivity index (χ0) is 13.1. The van der Waals surface area contributed by atoms with E-state index in [0.717, 1.165) is 36.9 Å². The molecule has 1 aliphatic carbocycles. The minimum absolute atomic E-state index is 0.147. The SMILES string of the molecule is Cc1cc(O)c(CNCC2CCCC2O)cc1C. The van der Waals surface area contributed by atoms with Crippen molar-refractivity contribution in [1.82, 2.24) is 5.32 Å². The Hall–Kier alpha value is -1.06. The predicted octanol–water partition coefficient (Wildman–Crippen LogP) is 2.26. The summed E-state index contributed by atoms with van der Waals surface area (Å²) < 4.78 is 0. The van der Waals surface area contributed by atoms with Gasteiger partial charge in [-0.2, -0.15) is 0 Å². The van der Waals surface area contributed by atoms with Crippen LogP contribution in [0.5, 0.6) is 5.75 Å². The van der Waals surface area contributed by atoms with E-state index in [1.807, 2.05) is 19.1 Å². The molecular weight excluding hydrogens is 226 g/mol. The third kappa shape index (κ3) is 3.03. The van der Waals surface area contributed by atoms with Gasteiger partial charge in [-0.05, 0) is 49.8 Å². The van der Waals surface area contributed by atoms with Crippen LogP contribution in [-0.4, -0.2) is 22.9 Å². The van der Waals surface area contributed by atoms with E-state index in [1.54, 1.807) is 0 Å². The van der Waals surface area contributed by atoms with Gasteiger partial charge in [-0.25, -0.2) is 0 Å². The highest BCUT2D eigenvalue weighted by Gasteiger charge is 2.24. The van der Waals surface area contributed by atoms with Crippen LogP contribution in [0.4, 0.5) is 0 Å². The van der Waals surface area contributed by atoms with Crippen molar-refractivity contribution in [3.05, 3.63) is 28.8 Å². The molecule has 2 rings (SSSR count). The summed E-state index contributed by atoms with van der Waals surface area (Å²) in [4.78, 5) is 0. The minimum atomic E-state index is -0.147. The molecule has 0 amide bonds. The fraction of sp³-hybridized carbons (Fsp3) is 0.600. The number of rotatable bonds is 4. The number of aliphatic hydroxyl groups excluding tert-OH is 1. The van der Waals surface area contributed by atoms with Crippen LogP contribution in [0, 0.1) is 19.8 Å². The number of aliphatic hydroxyl groups is 1. The molecule has 100 valence electrons. The van der Waals surface area contributed by atoms with Crippen LogP contribution < -0.4 is 5.32 Å². The minimum Gasteiger partial charge on any atom is -0.508 e. The first-order chi connectivity index (χ1) is 8.58. The summed E-state index contributed by atoms with van der Waals surface area (Å²) in [5.41, 5.74) is 3.25. The van der Waals surface area contributed by atoms with E-state index in [1.165, 1.54) is 5.56 Å². The molecule has 3 N–H and O–H groups in total. The number of aromatic hydroxyl groups is 1. The van der Waals surface area contributed by atoms with Gasteiger partial charge in [0.2, 0.25) is 0 Å². The molecule has 3 nitrogen and oxygen atoms in total. The number of benzene rings is 1. The van der Waals surface area contributed by atoms with Crippen molar-refractivity contribution in [2.45, 2.75) is 45.8 Å². The number of phenols is 1. The molecule has 0 heterocycles. The molecule has 1 fully saturated rings. The summed E-state index contributed by atoms with van der Waals surface area (Å²) in [7, 11) is 0. The lowest BCUT2D eigenvalue weighted by molar-refractivity contribution is 0.131. The molecule has 0 aliphatic heterocycles. The van der Waals surface area contributed by atoms with Gasteiger partial charge in [-0.15, -0.1) is 0 Å². The molecule has 1 saturated carbocycles. The normalized spacial score (nSPS) is 23.5. The Kier molecular flexibility index (Phi) is 4.25.